The van der Waals surface area contributed by atoms with Crippen molar-refractivity contribution in [1.29, 1.82) is 0 Å². The Bertz CT molecular complexity index is 655. The number of nitrogens with two attached hydrogens (primary N) is 1. The first-order chi connectivity index (χ1) is 12.6. The van der Waals surface area contributed by atoms with Gasteiger partial charge in [0.2, 0.25) is 5.91 Å². The predicted molar refractivity (Wildman–Crippen MR) is 106 cm³/mol. The monoisotopic (exact) mass is 355 g/mol. The number of amides is 1. The van der Waals surface area contributed by atoms with Crippen LogP contribution < -0.4 is 15.8 Å². The van der Waals surface area contributed by atoms with E-state index in [1.807, 2.05) is 54.6 Å². The first-order valence-electron chi connectivity index (χ1n) is 9.18. The van der Waals surface area contributed by atoms with E-state index in [1.165, 1.54) is 0 Å². The van der Waals surface area contributed by atoms with Crippen molar-refractivity contribution in [1.82, 2.24) is 4.90 Å². The van der Waals surface area contributed by atoms with Gasteiger partial charge >= 0.3 is 0 Å². The number of nitrogens with zero attached hydrogens (tertiary/aromatic N) is 1. The van der Waals surface area contributed by atoms with Crippen LogP contribution in [0.1, 0.15) is 19.4 Å². The Labute approximate surface area is 156 Å². The number of anilines is 1. The van der Waals surface area contributed by atoms with Crippen molar-refractivity contribution in [3.8, 4) is 5.75 Å². The number of carbonyl (C=O) groups excluding carboxylic acids is 1. The summed E-state index contributed by atoms with van der Waals surface area (Å²) in [5, 5.41) is 2.85. The highest BCUT2D eigenvalue weighted by Crippen LogP contribution is 2.16. The average Bonchev–Trinajstić information content (AvgIpc) is 2.67. The molecule has 2 rings (SSSR count). The zero-order valence-electron chi connectivity index (χ0n) is 15.7. The van der Waals surface area contributed by atoms with E-state index in [2.05, 4.69) is 24.1 Å². The standard InChI is InChI=1S/C21H29N3O2/c1-3-24(4-2)14-15-26-19-12-10-18(11-13-19)23-21(25)20(22)16-17-8-6-5-7-9-17/h5-13,20H,3-4,14-16,22H2,1-2H3,(H,23,25). The number of likely N-dealkylation sites (N-methyl/N-ethyl adjacent to an activating group) is 1. The second kappa shape index (κ2) is 10.6. The zero-order chi connectivity index (χ0) is 18.8. The van der Waals surface area contributed by atoms with Gasteiger partial charge in [-0.1, -0.05) is 44.2 Å². The quantitative estimate of drug-likeness (QED) is 0.688. The normalized spacial score (nSPS) is 12.0. The van der Waals surface area contributed by atoms with Gasteiger partial charge in [-0.2, -0.15) is 0 Å². The summed E-state index contributed by atoms with van der Waals surface area (Å²) in [7, 11) is 0. The van der Waals surface area contributed by atoms with Crippen LogP contribution in [0.3, 0.4) is 0 Å². The first kappa shape index (κ1) is 19.9. The molecular weight excluding hydrogens is 326 g/mol. The van der Waals surface area contributed by atoms with E-state index in [1.54, 1.807) is 0 Å². The van der Waals surface area contributed by atoms with Crippen LogP contribution in [-0.4, -0.2) is 43.1 Å². The van der Waals surface area contributed by atoms with Crippen molar-refractivity contribution in [2.75, 3.05) is 31.6 Å². The summed E-state index contributed by atoms with van der Waals surface area (Å²) in [6.45, 7) is 7.88. The molecule has 3 N–H and O–H groups in total. The van der Waals surface area contributed by atoms with Crippen molar-refractivity contribution in [3.63, 3.8) is 0 Å². The number of benzene rings is 2. The summed E-state index contributed by atoms with van der Waals surface area (Å²) in [5.41, 5.74) is 7.77. The van der Waals surface area contributed by atoms with Crippen molar-refractivity contribution in [2.24, 2.45) is 5.73 Å². The number of carbonyl (C=O) groups is 1. The highest BCUT2D eigenvalue weighted by Gasteiger charge is 2.14. The second-order valence-electron chi connectivity index (χ2n) is 6.19. The molecule has 5 heteroatoms. The van der Waals surface area contributed by atoms with E-state index < -0.39 is 6.04 Å². The molecule has 1 atom stereocenters. The van der Waals surface area contributed by atoms with E-state index in [4.69, 9.17) is 10.5 Å². The van der Waals surface area contributed by atoms with Crippen molar-refractivity contribution in [3.05, 3.63) is 60.2 Å². The minimum atomic E-state index is -0.581. The van der Waals surface area contributed by atoms with Crippen LogP contribution in [0, 0.1) is 0 Å². The fourth-order valence-corrected chi connectivity index (χ4v) is 2.66. The van der Waals surface area contributed by atoms with Gasteiger partial charge in [-0.25, -0.2) is 0 Å². The Kier molecular flexibility index (Phi) is 8.12. The fourth-order valence-electron chi connectivity index (χ4n) is 2.66. The highest BCUT2D eigenvalue weighted by atomic mass is 16.5. The molecule has 26 heavy (non-hydrogen) atoms. The maximum Gasteiger partial charge on any atom is 0.241 e. The second-order valence-corrected chi connectivity index (χ2v) is 6.19. The van der Waals surface area contributed by atoms with Crippen LogP contribution in [0.15, 0.2) is 54.6 Å². The molecular formula is C21H29N3O2. The van der Waals surface area contributed by atoms with E-state index >= 15 is 0 Å². The van der Waals surface area contributed by atoms with Crippen molar-refractivity contribution >= 4 is 11.6 Å². The molecule has 140 valence electrons. The summed E-state index contributed by atoms with van der Waals surface area (Å²) in [6.07, 6.45) is 0.513. The van der Waals surface area contributed by atoms with Gasteiger partial charge in [0.15, 0.2) is 0 Å². The molecule has 0 fully saturated rings. The Morgan fingerprint density at radius 2 is 1.73 bits per heavy atom. The number of hydrogen-bond acceptors (Lipinski definition) is 4. The maximum atomic E-state index is 12.2. The van der Waals surface area contributed by atoms with Crippen LogP contribution in [0.2, 0.25) is 0 Å². The van der Waals surface area contributed by atoms with Gasteiger partial charge in [0, 0.05) is 12.2 Å². The molecule has 1 unspecified atom stereocenters. The van der Waals surface area contributed by atoms with Gasteiger partial charge in [-0.05, 0) is 49.3 Å². The fraction of sp³-hybridized carbons (Fsp3) is 0.381. The summed E-state index contributed by atoms with van der Waals surface area (Å²) in [5.74, 6) is 0.604. The maximum absolute atomic E-state index is 12.2. The van der Waals surface area contributed by atoms with E-state index in [0.717, 1.165) is 36.6 Å². The molecule has 0 bridgehead atoms. The molecule has 2 aromatic rings. The summed E-state index contributed by atoms with van der Waals surface area (Å²) >= 11 is 0. The Hall–Kier alpha value is -2.37. The largest absolute Gasteiger partial charge is 0.492 e. The molecule has 0 saturated heterocycles. The smallest absolute Gasteiger partial charge is 0.241 e. The summed E-state index contributed by atoms with van der Waals surface area (Å²) in [4.78, 5) is 14.6. The van der Waals surface area contributed by atoms with Crippen molar-refractivity contribution < 1.29 is 9.53 Å². The summed E-state index contributed by atoms with van der Waals surface area (Å²) < 4.78 is 5.75. The third-order valence-electron chi connectivity index (χ3n) is 4.33. The van der Waals surface area contributed by atoms with Crippen LogP contribution >= 0.6 is 0 Å². The van der Waals surface area contributed by atoms with Gasteiger partial charge in [-0.3, -0.25) is 4.79 Å². The molecule has 2 aromatic carbocycles. The third kappa shape index (κ3) is 6.50. The average molecular weight is 355 g/mol. The molecule has 0 radical (unpaired) electrons. The van der Waals surface area contributed by atoms with Crippen molar-refractivity contribution in [2.45, 2.75) is 26.3 Å². The topological polar surface area (TPSA) is 67.6 Å². The molecule has 0 heterocycles. The lowest BCUT2D eigenvalue weighted by Crippen LogP contribution is -2.37. The molecule has 0 aliphatic heterocycles. The van der Waals surface area contributed by atoms with Crippen LogP contribution in [0.4, 0.5) is 5.69 Å². The van der Waals surface area contributed by atoms with Gasteiger partial charge in [0.1, 0.15) is 12.4 Å². The van der Waals surface area contributed by atoms with E-state index in [-0.39, 0.29) is 5.91 Å². The van der Waals surface area contributed by atoms with Gasteiger partial charge in [0.05, 0.1) is 6.04 Å². The zero-order valence-corrected chi connectivity index (χ0v) is 15.7. The van der Waals surface area contributed by atoms with Gasteiger partial charge in [-0.15, -0.1) is 0 Å². The molecule has 0 aliphatic carbocycles. The number of ether oxygens (including phenoxy) is 1. The lowest BCUT2D eigenvalue weighted by molar-refractivity contribution is -0.117. The Morgan fingerprint density at radius 1 is 1.08 bits per heavy atom. The number of rotatable bonds is 10. The number of nitrogens with one attached hydrogen (secondary N) is 1. The van der Waals surface area contributed by atoms with Crippen LogP contribution in [0.5, 0.6) is 5.75 Å². The minimum absolute atomic E-state index is 0.191. The third-order valence-corrected chi connectivity index (χ3v) is 4.33. The molecule has 0 aromatic heterocycles. The van der Waals surface area contributed by atoms with Crippen LogP contribution in [0.25, 0.3) is 0 Å². The molecule has 5 nitrogen and oxygen atoms in total. The minimum Gasteiger partial charge on any atom is -0.492 e. The Balaban J connectivity index is 1.79. The molecule has 0 spiro atoms. The lowest BCUT2D eigenvalue weighted by atomic mass is 10.1. The SMILES string of the molecule is CCN(CC)CCOc1ccc(NC(=O)C(N)Cc2ccccc2)cc1. The molecule has 0 saturated carbocycles. The number of hydrogen-bond donors (Lipinski definition) is 2. The van der Waals surface area contributed by atoms with E-state index in [0.29, 0.717) is 13.0 Å². The molecule has 1 amide bonds. The lowest BCUT2D eigenvalue weighted by Gasteiger charge is -2.18. The van der Waals surface area contributed by atoms with E-state index in [9.17, 15) is 4.79 Å². The molecule has 0 aliphatic rings. The predicted octanol–water partition coefficient (Wildman–Crippen LogP) is 2.92. The summed E-state index contributed by atoms with van der Waals surface area (Å²) in [6, 6.07) is 16.6. The Morgan fingerprint density at radius 3 is 2.35 bits per heavy atom. The van der Waals surface area contributed by atoms with Crippen LogP contribution in [-0.2, 0) is 11.2 Å². The highest BCUT2D eigenvalue weighted by molar-refractivity contribution is 5.94. The van der Waals surface area contributed by atoms with Gasteiger partial charge in [0.25, 0.3) is 0 Å². The van der Waals surface area contributed by atoms with Gasteiger partial charge < -0.3 is 20.7 Å². The first-order valence-corrected chi connectivity index (χ1v) is 9.18.